The Morgan fingerprint density at radius 3 is 2.75 bits per heavy atom. The van der Waals surface area contributed by atoms with Gasteiger partial charge < -0.3 is 10.6 Å². The van der Waals surface area contributed by atoms with Crippen molar-refractivity contribution >= 4 is 16.7 Å². The molecule has 4 nitrogen and oxygen atoms in total. The Kier molecular flexibility index (Phi) is 3.22. The molecule has 0 aliphatic carbocycles. The lowest BCUT2D eigenvalue weighted by atomic mass is 10.0. The molecule has 2 atom stereocenters. The summed E-state index contributed by atoms with van der Waals surface area (Å²) in [5.74, 6) is 0.105. The molecule has 2 unspecified atom stereocenters. The van der Waals surface area contributed by atoms with Crippen molar-refractivity contribution in [2.75, 3.05) is 25.1 Å². The number of carbonyl (C=O) groups is 1. The first kappa shape index (κ1) is 9.67. The molecule has 0 aromatic rings. The van der Waals surface area contributed by atoms with Crippen LogP contribution in [0.3, 0.4) is 0 Å². The number of hydrogen-bond acceptors (Lipinski definition) is 3. The minimum absolute atomic E-state index is 0.0301. The van der Waals surface area contributed by atoms with E-state index < -0.39 is 10.8 Å². The Balaban J connectivity index is 2.37. The van der Waals surface area contributed by atoms with Crippen LogP contribution >= 0.6 is 0 Å². The van der Waals surface area contributed by atoms with Crippen LogP contribution in [0.5, 0.6) is 0 Å². The van der Waals surface area contributed by atoms with Gasteiger partial charge in [-0.25, -0.2) is 0 Å². The van der Waals surface area contributed by atoms with Crippen molar-refractivity contribution in [2.24, 2.45) is 5.73 Å². The van der Waals surface area contributed by atoms with E-state index in [1.807, 2.05) is 0 Å². The van der Waals surface area contributed by atoms with Crippen LogP contribution in [0.25, 0.3) is 0 Å². The zero-order valence-electron chi connectivity index (χ0n) is 7.16. The molecule has 5 heteroatoms. The lowest BCUT2D eigenvalue weighted by molar-refractivity contribution is -0.135. The van der Waals surface area contributed by atoms with Gasteiger partial charge in [0.05, 0.1) is 0 Å². The second-order valence-corrected chi connectivity index (χ2v) is 4.42. The third-order valence-corrected chi connectivity index (χ3v) is 2.72. The summed E-state index contributed by atoms with van der Waals surface area (Å²) >= 11 is 0. The average molecular weight is 190 g/mol. The Bertz CT molecular complexity index is 206. The predicted octanol–water partition coefficient (Wildman–Crippen LogP) is -1.08. The van der Waals surface area contributed by atoms with Gasteiger partial charge in [-0.2, -0.15) is 0 Å². The molecular formula is C7H14N2O2S. The van der Waals surface area contributed by atoms with Crippen LogP contribution < -0.4 is 5.73 Å². The number of hydrogen-bond donors (Lipinski definition) is 1. The minimum atomic E-state index is -1.03. The maximum atomic E-state index is 11.3. The summed E-state index contributed by atoms with van der Waals surface area (Å²) in [6.45, 7) is 1.29. The summed E-state index contributed by atoms with van der Waals surface area (Å²) < 4.78 is 10.7. The smallest absolute Gasteiger partial charge is 0.235 e. The van der Waals surface area contributed by atoms with Gasteiger partial charge in [0.25, 0.3) is 0 Å². The molecule has 1 aliphatic rings. The summed E-state index contributed by atoms with van der Waals surface area (Å²) in [6, 6.07) is 0.195. The maximum Gasteiger partial charge on any atom is 0.235 e. The number of likely N-dealkylation sites (tertiary alicyclic amines) is 1. The molecular weight excluding hydrogens is 176 g/mol. The van der Waals surface area contributed by atoms with Gasteiger partial charge in [-0.05, 0) is 6.42 Å². The largest absolute Gasteiger partial charge is 0.338 e. The van der Waals surface area contributed by atoms with Crippen LogP contribution in [-0.2, 0) is 15.6 Å². The van der Waals surface area contributed by atoms with Crippen molar-refractivity contribution in [3.05, 3.63) is 0 Å². The molecule has 70 valence electrons. The Morgan fingerprint density at radius 2 is 2.42 bits per heavy atom. The van der Waals surface area contributed by atoms with Crippen LogP contribution in [0.4, 0.5) is 0 Å². The van der Waals surface area contributed by atoms with Crippen molar-refractivity contribution in [2.45, 2.75) is 12.5 Å². The minimum Gasteiger partial charge on any atom is -0.338 e. The molecule has 1 heterocycles. The standard InChI is InChI=1S/C7H14N2O2S/c1-12(11)5-7(10)9-3-2-6(9)4-8/h6H,2-5,8H2,1H3. The molecule has 1 fully saturated rings. The van der Waals surface area contributed by atoms with E-state index in [4.69, 9.17) is 5.73 Å². The molecule has 0 aromatic carbocycles. The molecule has 2 N–H and O–H groups in total. The third kappa shape index (κ3) is 2.04. The van der Waals surface area contributed by atoms with Gasteiger partial charge in [0.2, 0.25) is 5.91 Å². The van der Waals surface area contributed by atoms with Crippen molar-refractivity contribution in [3.63, 3.8) is 0 Å². The summed E-state index contributed by atoms with van der Waals surface area (Å²) in [5.41, 5.74) is 5.42. The normalized spacial score (nSPS) is 24.8. The molecule has 12 heavy (non-hydrogen) atoms. The molecule has 0 radical (unpaired) electrons. The van der Waals surface area contributed by atoms with Gasteiger partial charge in [0.1, 0.15) is 5.75 Å². The third-order valence-electron chi connectivity index (χ3n) is 2.06. The number of carbonyl (C=O) groups excluding carboxylic acids is 1. The molecule has 1 aliphatic heterocycles. The fourth-order valence-electron chi connectivity index (χ4n) is 1.27. The van der Waals surface area contributed by atoms with E-state index in [0.29, 0.717) is 6.54 Å². The first-order valence-electron chi connectivity index (χ1n) is 3.94. The van der Waals surface area contributed by atoms with E-state index in [0.717, 1.165) is 13.0 Å². The molecule has 0 aromatic heterocycles. The lowest BCUT2D eigenvalue weighted by Crippen LogP contribution is -2.55. The maximum absolute atomic E-state index is 11.3. The summed E-state index contributed by atoms with van der Waals surface area (Å²) in [4.78, 5) is 13.0. The number of nitrogens with zero attached hydrogens (tertiary/aromatic N) is 1. The van der Waals surface area contributed by atoms with Gasteiger partial charge in [-0.1, -0.05) is 0 Å². The van der Waals surface area contributed by atoms with Gasteiger partial charge in [-0.15, -0.1) is 0 Å². The SMILES string of the molecule is CS(=O)CC(=O)N1CCC1CN. The quantitative estimate of drug-likeness (QED) is 0.616. The highest BCUT2D eigenvalue weighted by atomic mass is 32.2. The predicted molar refractivity (Wildman–Crippen MR) is 48.1 cm³/mol. The molecule has 1 rings (SSSR count). The topological polar surface area (TPSA) is 63.4 Å². The van der Waals surface area contributed by atoms with Gasteiger partial charge in [0.15, 0.2) is 0 Å². The highest BCUT2D eigenvalue weighted by Gasteiger charge is 2.30. The lowest BCUT2D eigenvalue weighted by Gasteiger charge is -2.40. The van der Waals surface area contributed by atoms with Crippen molar-refractivity contribution in [1.82, 2.24) is 4.90 Å². The van der Waals surface area contributed by atoms with E-state index in [2.05, 4.69) is 0 Å². The van der Waals surface area contributed by atoms with Crippen LogP contribution in [0, 0.1) is 0 Å². The molecule has 0 saturated carbocycles. The summed E-state index contributed by atoms with van der Waals surface area (Å²) in [5, 5.41) is 0. The summed E-state index contributed by atoms with van der Waals surface area (Å²) in [6.07, 6.45) is 2.52. The first-order chi connectivity index (χ1) is 5.65. The van der Waals surface area contributed by atoms with E-state index in [9.17, 15) is 9.00 Å². The first-order valence-corrected chi connectivity index (χ1v) is 5.67. The van der Waals surface area contributed by atoms with E-state index >= 15 is 0 Å². The van der Waals surface area contributed by atoms with E-state index in [-0.39, 0.29) is 17.7 Å². The molecule has 1 amide bonds. The number of rotatable bonds is 3. The average Bonchev–Trinajstić information content (AvgIpc) is 1.83. The van der Waals surface area contributed by atoms with Crippen LogP contribution in [0.15, 0.2) is 0 Å². The summed E-state index contributed by atoms with van der Waals surface area (Å²) in [7, 11) is -1.03. The second kappa shape index (κ2) is 4.00. The van der Waals surface area contributed by atoms with Crippen molar-refractivity contribution in [1.29, 1.82) is 0 Å². The zero-order valence-corrected chi connectivity index (χ0v) is 7.97. The number of amides is 1. The Labute approximate surface area is 74.6 Å². The van der Waals surface area contributed by atoms with Crippen molar-refractivity contribution in [3.8, 4) is 0 Å². The molecule has 0 bridgehead atoms. The van der Waals surface area contributed by atoms with Crippen LogP contribution in [0.2, 0.25) is 0 Å². The van der Waals surface area contributed by atoms with E-state index in [1.165, 1.54) is 6.26 Å². The highest BCUT2D eigenvalue weighted by Crippen LogP contribution is 2.15. The van der Waals surface area contributed by atoms with Crippen LogP contribution in [0.1, 0.15) is 6.42 Å². The number of nitrogens with two attached hydrogens (primary N) is 1. The zero-order chi connectivity index (χ0) is 9.14. The van der Waals surface area contributed by atoms with Crippen LogP contribution in [-0.4, -0.2) is 46.2 Å². The van der Waals surface area contributed by atoms with Gasteiger partial charge in [-0.3, -0.25) is 9.00 Å². The molecule has 1 saturated heterocycles. The van der Waals surface area contributed by atoms with Crippen molar-refractivity contribution < 1.29 is 9.00 Å². The monoisotopic (exact) mass is 190 g/mol. The molecule has 0 spiro atoms. The van der Waals surface area contributed by atoms with Gasteiger partial charge in [0, 0.05) is 36.2 Å². The Hall–Kier alpha value is -0.420. The van der Waals surface area contributed by atoms with E-state index in [1.54, 1.807) is 4.90 Å². The highest BCUT2D eigenvalue weighted by molar-refractivity contribution is 7.85. The Morgan fingerprint density at radius 1 is 1.75 bits per heavy atom. The fourth-order valence-corrected chi connectivity index (χ4v) is 1.78. The van der Waals surface area contributed by atoms with Gasteiger partial charge >= 0.3 is 0 Å². The second-order valence-electron chi connectivity index (χ2n) is 2.98. The fraction of sp³-hybridized carbons (Fsp3) is 0.857.